The van der Waals surface area contributed by atoms with Crippen molar-refractivity contribution in [1.29, 1.82) is 0 Å². The SMILES string of the molecule is COCCNC(=O)CNCC(O)COCC1CC1. The molecule has 0 aromatic rings. The van der Waals surface area contributed by atoms with E-state index in [2.05, 4.69) is 10.6 Å². The molecule has 106 valence electrons. The molecule has 0 heterocycles. The molecule has 1 saturated carbocycles. The first kappa shape index (κ1) is 15.4. The molecule has 1 amide bonds. The molecule has 3 N–H and O–H groups in total. The maximum Gasteiger partial charge on any atom is 0.234 e. The van der Waals surface area contributed by atoms with Gasteiger partial charge in [0, 0.05) is 26.8 Å². The van der Waals surface area contributed by atoms with E-state index in [0.29, 0.717) is 32.2 Å². The van der Waals surface area contributed by atoms with Gasteiger partial charge in [-0.25, -0.2) is 0 Å². The highest BCUT2D eigenvalue weighted by Gasteiger charge is 2.21. The van der Waals surface area contributed by atoms with Crippen molar-refractivity contribution in [3.05, 3.63) is 0 Å². The van der Waals surface area contributed by atoms with Crippen molar-refractivity contribution in [2.75, 3.05) is 46.6 Å². The number of carbonyl (C=O) groups is 1. The first-order valence-corrected chi connectivity index (χ1v) is 6.44. The van der Waals surface area contributed by atoms with Gasteiger partial charge >= 0.3 is 0 Å². The van der Waals surface area contributed by atoms with Gasteiger partial charge in [0.05, 0.1) is 25.9 Å². The van der Waals surface area contributed by atoms with E-state index < -0.39 is 6.10 Å². The van der Waals surface area contributed by atoms with Gasteiger partial charge in [-0.1, -0.05) is 0 Å². The molecule has 0 aromatic heterocycles. The van der Waals surface area contributed by atoms with E-state index in [-0.39, 0.29) is 12.5 Å². The first-order valence-electron chi connectivity index (χ1n) is 6.44. The van der Waals surface area contributed by atoms with Gasteiger partial charge in [0.2, 0.25) is 5.91 Å². The van der Waals surface area contributed by atoms with Crippen LogP contribution in [-0.4, -0.2) is 63.7 Å². The maximum atomic E-state index is 11.3. The summed E-state index contributed by atoms with van der Waals surface area (Å²) in [6, 6.07) is 0. The number of methoxy groups -OCH3 is 1. The molecule has 1 fully saturated rings. The van der Waals surface area contributed by atoms with Gasteiger partial charge in [-0.15, -0.1) is 0 Å². The molecule has 0 saturated heterocycles. The van der Waals surface area contributed by atoms with Crippen LogP contribution in [0.15, 0.2) is 0 Å². The average Bonchev–Trinajstić information content (AvgIpc) is 3.13. The fourth-order valence-corrected chi connectivity index (χ4v) is 1.42. The Balaban J connectivity index is 1.86. The summed E-state index contributed by atoms with van der Waals surface area (Å²) in [6.45, 7) is 2.64. The largest absolute Gasteiger partial charge is 0.389 e. The lowest BCUT2D eigenvalue weighted by molar-refractivity contribution is -0.120. The lowest BCUT2D eigenvalue weighted by atomic mass is 10.3. The Kier molecular flexibility index (Phi) is 7.91. The van der Waals surface area contributed by atoms with Crippen LogP contribution in [0.5, 0.6) is 0 Å². The zero-order chi connectivity index (χ0) is 13.2. The molecule has 1 aliphatic rings. The lowest BCUT2D eigenvalue weighted by Crippen LogP contribution is -2.39. The lowest BCUT2D eigenvalue weighted by Gasteiger charge is -2.12. The number of rotatable bonds is 11. The molecule has 6 nitrogen and oxygen atoms in total. The Bertz CT molecular complexity index is 234. The second kappa shape index (κ2) is 9.27. The summed E-state index contributed by atoms with van der Waals surface area (Å²) >= 11 is 0. The van der Waals surface area contributed by atoms with E-state index in [1.807, 2.05) is 0 Å². The van der Waals surface area contributed by atoms with Gasteiger partial charge in [0.1, 0.15) is 0 Å². The summed E-state index contributed by atoms with van der Waals surface area (Å²) in [5, 5.41) is 15.1. The number of ether oxygens (including phenoxy) is 2. The Hall–Kier alpha value is -0.690. The van der Waals surface area contributed by atoms with Crippen LogP contribution in [0.4, 0.5) is 0 Å². The van der Waals surface area contributed by atoms with Gasteiger partial charge in [-0.2, -0.15) is 0 Å². The molecule has 0 radical (unpaired) electrons. The van der Waals surface area contributed by atoms with E-state index in [1.165, 1.54) is 12.8 Å². The zero-order valence-electron chi connectivity index (χ0n) is 11.0. The molecule has 0 aromatic carbocycles. The van der Waals surface area contributed by atoms with Crippen LogP contribution in [0.1, 0.15) is 12.8 Å². The summed E-state index contributed by atoms with van der Waals surface area (Å²) in [7, 11) is 1.59. The van der Waals surface area contributed by atoms with Crippen molar-refractivity contribution in [3.63, 3.8) is 0 Å². The highest BCUT2D eigenvalue weighted by molar-refractivity contribution is 5.77. The van der Waals surface area contributed by atoms with E-state index in [9.17, 15) is 9.90 Å². The third-order valence-electron chi connectivity index (χ3n) is 2.65. The second-order valence-electron chi connectivity index (χ2n) is 4.61. The fraction of sp³-hybridized carbons (Fsp3) is 0.917. The van der Waals surface area contributed by atoms with E-state index in [0.717, 1.165) is 6.61 Å². The third kappa shape index (κ3) is 8.41. The van der Waals surface area contributed by atoms with Gasteiger partial charge in [-0.3, -0.25) is 4.79 Å². The summed E-state index contributed by atoms with van der Waals surface area (Å²) in [5.41, 5.74) is 0. The molecule has 0 bridgehead atoms. The van der Waals surface area contributed by atoms with Crippen LogP contribution in [0, 0.1) is 5.92 Å². The predicted octanol–water partition coefficient (Wildman–Crippen LogP) is -0.874. The monoisotopic (exact) mass is 260 g/mol. The van der Waals surface area contributed by atoms with Crippen LogP contribution in [0.2, 0.25) is 0 Å². The van der Waals surface area contributed by atoms with Crippen molar-refractivity contribution in [2.24, 2.45) is 5.92 Å². The quantitative estimate of drug-likeness (QED) is 0.421. The van der Waals surface area contributed by atoms with Crippen LogP contribution >= 0.6 is 0 Å². The minimum absolute atomic E-state index is 0.0989. The molecule has 1 unspecified atom stereocenters. The molecule has 6 heteroatoms. The minimum atomic E-state index is -0.560. The maximum absolute atomic E-state index is 11.3. The summed E-state index contributed by atoms with van der Waals surface area (Å²) in [5.74, 6) is 0.606. The minimum Gasteiger partial charge on any atom is -0.389 e. The molecule has 1 atom stereocenters. The Labute approximate surface area is 108 Å². The van der Waals surface area contributed by atoms with Crippen molar-refractivity contribution < 1.29 is 19.4 Å². The van der Waals surface area contributed by atoms with Crippen molar-refractivity contribution in [1.82, 2.24) is 10.6 Å². The van der Waals surface area contributed by atoms with Crippen LogP contribution in [0.3, 0.4) is 0 Å². The summed E-state index contributed by atoms with van der Waals surface area (Å²) < 4.78 is 10.2. The van der Waals surface area contributed by atoms with Crippen molar-refractivity contribution in [3.8, 4) is 0 Å². The topological polar surface area (TPSA) is 79.8 Å². The normalized spacial score (nSPS) is 16.6. The Morgan fingerprint density at radius 1 is 1.50 bits per heavy atom. The van der Waals surface area contributed by atoms with Crippen LogP contribution < -0.4 is 10.6 Å². The van der Waals surface area contributed by atoms with Gasteiger partial charge in [0.15, 0.2) is 0 Å². The second-order valence-corrected chi connectivity index (χ2v) is 4.61. The average molecular weight is 260 g/mol. The van der Waals surface area contributed by atoms with Gasteiger partial charge in [-0.05, 0) is 18.8 Å². The third-order valence-corrected chi connectivity index (χ3v) is 2.65. The number of aliphatic hydroxyl groups is 1. The fourth-order valence-electron chi connectivity index (χ4n) is 1.42. The number of hydrogen-bond donors (Lipinski definition) is 3. The van der Waals surface area contributed by atoms with Crippen molar-refractivity contribution >= 4 is 5.91 Å². The molecule has 1 rings (SSSR count). The summed E-state index contributed by atoms with van der Waals surface area (Å²) in [6.07, 6.45) is 1.93. The predicted molar refractivity (Wildman–Crippen MR) is 67.3 cm³/mol. The zero-order valence-corrected chi connectivity index (χ0v) is 11.0. The number of hydrogen-bond acceptors (Lipinski definition) is 5. The number of amides is 1. The van der Waals surface area contributed by atoms with E-state index in [1.54, 1.807) is 7.11 Å². The number of nitrogens with one attached hydrogen (secondary N) is 2. The first-order chi connectivity index (χ1) is 8.72. The molecular weight excluding hydrogens is 236 g/mol. The highest BCUT2D eigenvalue weighted by Crippen LogP contribution is 2.28. The smallest absolute Gasteiger partial charge is 0.234 e. The van der Waals surface area contributed by atoms with Crippen molar-refractivity contribution in [2.45, 2.75) is 18.9 Å². The Morgan fingerprint density at radius 2 is 2.28 bits per heavy atom. The molecule has 1 aliphatic carbocycles. The van der Waals surface area contributed by atoms with E-state index in [4.69, 9.17) is 9.47 Å². The molecule has 0 aliphatic heterocycles. The van der Waals surface area contributed by atoms with Gasteiger partial charge in [0.25, 0.3) is 0 Å². The van der Waals surface area contributed by atoms with Gasteiger partial charge < -0.3 is 25.2 Å². The standard InChI is InChI=1S/C12H24N2O4/c1-17-5-4-14-12(16)7-13-6-11(15)9-18-8-10-2-3-10/h10-11,13,15H,2-9H2,1H3,(H,14,16). The molecular formula is C12H24N2O4. The number of aliphatic hydroxyl groups excluding tert-OH is 1. The van der Waals surface area contributed by atoms with Crippen LogP contribution in [-0.2, 0) is 14.3 Å². The van der Waals surface area contributed by atoms with E-state index >= 15 is 0 Å². The Morgan fingerprint density at radius 3 is 2.94 bits per heavy atom. The van der Waals surface area contributed by atoms with Crippen LogP contribution in [0.25, 0.3) is 0 Å². The highest BCUT2D eigenvalue weighted by atomic mass is 16.5. The molecule has 0 spiro atoms. The number of carbonyl (C=O) groups excluding carboxylic acids is 1. The molecule has 18 heavy (non-hydrogen) atoms. The summed E-state index contributed by atoms with van der Waals surface area (Å²) in [4.78, 5) is 11.3.